The van der Waals surface area contributed by atoms with E-state index < -0.39 is 0 Å². The summed E-state index contributed by atoms with van der Waals surface area (Å²) in [6.07, 6.45) is -0.264. The van der Waals surface area contributed by atoms with E-state index in [1.165, 1.54) is 5.17 Å². The van der Waals surface area contributed by atoms with Crippen LogP contribution in [-0.4, -0.2) is 44.3 Å². The molecule has 17 heavy (non-hydrogen) atoms. The maximum Gasteiger partial charge on any atom is 0.195 e. The Morgan fingerprint density at radius 1 is 1.06 bits per heavy atom. The number of hydrogen-bond donors (Lipinski definition) is 2. The molecule has 1 rings (SSSR count). The van der Waals surface area contributed by atoms with Gasteiger partial charge in [-0.1, -0.05) is 12.1 Å². The second-order valence-electron chi connectivity index (χ2n) is 4.24. The molecule has 4 N–H and O–H groups in total. The number of benzene rings is 1. The van der Waals surface area contributed by atoms with Crippen LogP contribution in [0, 0.1) is 0 Å². The molecule has 1 aromatic rings. The van der Waals surface area contributed by atoms with E-state index in [0.29, 0.717) is 11.4 Å². The standard InChI is InChI=1S/C11H21N5O/c1-14(2)11(15(3)4)17-16(13)10-8-6-5-7-9(10)12/h5-8,11H,12-13H2,1-4H3. The number of nitrogen functional groups attached to an aromatic ring is 1. The fourth-order valence-electron chi connectivity index (χ4n) is 1.50. The van der Waals surface area contributed by atoms with Gasteiger partial charge in [-0.2, -0.15) is 5.17 Å². The van der Waals surface area contributed by atoms with E-state index in [4.69, 9.17) is 16.4 Å². The molecular formula is C11H21N5O. The number of para-hydroxylation sites is 2. The van der Waals surface area contributed by atoms with Crippen molar-refractivity contribution in [1.82, 2.24) is 9.80 Å². The van der Waals surface area contributed by atoms with Gasteiger partial charge in [0.05, 0.1) is 5.69 Å². The number of nitrogens with two attached hydrogens (primary N) is 2. The van der Waals surface area contributed by atoms with Gasteiger partial charge in [0.15, 0.2) is 6.35 Å². The molecule has 0 aliphatic rings. The Morgan fingerprint density at radius 3 is 2.06 bits per heavy atom. The predicted molar refractivity (Wildman–Crippen MR) is 69.8 cm³/mol. The Morgan fingerprint density at radius 2 is 1.59 bits per heavy atom. The minimum absolute atomic E-state index is 0.264. The van der Waals surface area contributed by atoms with Gasteiger partial charge in [0, 0.05) is 0 Å². The van der Waals surface area contributed by atoms with Crippen molar-refractivity contribution in [3.05, 3.63) is 24.3 Å². The molecule has 0 saturated heterocycles. The number of hydrazine groups is 1. The molecule has 6 nitrogen and oxygen atoms in total. The molecule has 0 aromatic heterocycles. The Labute approximate surface area is 102 Å². The Hall–Kier alpha value is -1.34. The first-order valence-electron chi connectivity index (χ1n) is 5.32. The summed E-state index contributed by atoms with van der Waals surface area (Å²) in [6, 6.07) is 7.29. The molecule has 0 bridgehead atoms. The highest BCUT2D eigenvalue weighted by atomic mass is 16.7. The van der Waals surface area contributed by atoms with E-state index >= 15 is 0 Å². The molecule has 0 atom stereocenters. The highest BCUT2D eigenvalue weighted by molar-refractivity contribution is 5.65. The van der Waals surface area contributed by atoms with Crippen molar-refractivity contribution in [3.63, 3.8) is 0 Å². The molecule has 6 heteroatoms. The van der Waals surface area contributed by atoms with Crippen LogP contribution in [0.15, 0.2) is 24.3 Å². The van der Waals surface area contributed by atoms with Crippen LogP contribution in [0.2, 0.25) is 0 Å². The summed E-state index contributed by atoms with van der Waals surface area (Å²) in [5.41, 5.74) is 7.04. The molecule has 96 valence electrons. The largest absolute Gasteiger partial charge is 0.397 e. The van der Waals surface area contributed by atoms with E-state index in [1.54, 1.807) is 12.1 Å². The van der Waals surface area contributed by atoms with Gasteiger partial charge in [-0.05, 0) is 40.3 Å². The van der Waals surface area contributed by atoms with Crippen molar-refractivity contribution in [3.8, 4) is 0 Å². The monoisotopic (exact) mass is 239 g/mol. The van der Waals surface area contributed by atoms with Crippen LogP contribution in [0.1, 0.15) is 0 Å². The van der Waals surface area contributed by atoms with Gasteiger partial charge < -0.3 is 5.73 Å². The van der Waals surface area contributed by atoms with Gasteiger partial charge in [0.25, 0.3) is 0 Å². The minimum atomic E-state index is -0.264. The van der Waals surface area contributed by atoms with Crippen LogP contribution in [0.25, 0.3) is 0 Å². The summed E-state index contributed by atoms with van der Waals surface area (Å²) in [5.74, 6) is 5.85. The smallest absolute Gasteiger partial charge is 0.195 e. The zero-order valence-corrected chi connectivity index (χ0v) is 10.8. The molecule has 0 fully saturated rings. The first-order valence-corrected chi connectivity index (χ1v) is 5.32. The Balaban J connectivity index is 2.77. The van der Waals surface area contributed by atoms with Gasteiger partial charge in [0.1, 0.15) is 5.69 Å². The summed E-state index contributed by atoms with van der Waals surface area (Å²) < 4.78 is 0. The van der Waals surface area contributed by atoms with Gasteiger partial charge in [-0.25, -0.2) is 10.7 Å². The van der Waals surface area contributed by atoms with E-state index in [-0.39, 0.29) is 6.35 Å². The zero-order valence-electron chi connectivity index (χ0n) is 10.8. The van der Waals surface area contributed by atoms with Crippen LogP contribution in [0.5, 0.6) is 0 Å². The predicted octanol–water partition coefficient (Wildman–Crippen LogP) is 0.287. The number of anilines is 2. The molecule has 0 radical (unpaired) electrons. The lowest BCUT2D eigenvalue weighted by atomic mass is 10.3. The molecule has 1 aromatic carbocycles. The molecule has 0 spiro atoms. The molecule has 0 heterocycles. The molecular weight excluding hydrogens is 218 g/mol. The van der Waals surface area contributed by atoms with Crippen LogP contribution < -0.4 is 16.7 Å². The van der Waals surface area contributed by atoms with Crippen LogP contribution >= 0.6 is 0 Å². The lowest BCUT2D eigenvalue weighted by molar-refractivity contribution is -0.129. The normalized spacial score (nSPS) is 11.5. The fraction of sp³-hybridized carbons (Fsp3) is 0.455. The van der Waals surface area contributed by atoms with Crippen molar-refractivity contribution < 1.29 is 4.84 Å². The van der Waals surface area contributed by atoms with Crippen molar-refractivity contribution >= 4 is 11.4 Å². The van der Waals surface area contributed by atoms with Gasteiger partial charge >= 0.3 is 0 Å². The number of nitrogens with zero attached hydrogens (tertiary/aromatic N) is 3. The summed E-state index contributed by atoms with van der Waals surface area (Å²) in [6.45, 7) is 0. The first-order chi connectivity index (χ1) is 7.93. The zero-order chi connectivity index (χ0) is 13.0. The second kappa shape index (κ2) is 5.83. The topological polar surface area (TPSA) is 71.0 Å². The third-order valence-corrected chi connectivity index (χ3v) is 2.27. The lowest BCUT2D eigenvalue weighted by Gasteiger charge is -2.33. The third-order valence-electron chi connectivity index (χ3n) is 2.27. The first kappa shape index (κ1) is 13.7. The molecule has 0 aliphatic carbocycles. The van der Waals surface area contributed by atoms with Crippen molar-refractivity contribution in [2.24, 2.45) is 5.84 Å². The van der Waals surface area contributed by atoms with Crippen molar-refractivity contribution in [1.29, 1.82) is 0 Å². The third kappa shape index (κ3) is 3.57. The minimum Gasteiger partial charge on any atom is -0.397 e. The summed E-state index contributed by atoms with van der Waals surface area (Å²) >= 11 is 0. The second-order valence-corrected chi connectivity index (χ2v) is 4.24. The maximum absolute atomic E-state index is 5.85. The summed E-state index contributed by atoms with van der Waals surface area (Å²) in [4.78, 5) is 9.43. The lowest BCUT2D eigenvalue weighted by Crippen LogP contribution is -2.49. The van der Waals surface area contributed by atoms with E-state index in [1.807, 2.05) is 50.1 Å². The van der Waals surface area contributed by atoms with Gasteiger partial charge in [-0.15, -0.1) is 0 Å². The van der Waals surface area contributed by atoms with Gasteiger partial charge in [0.2, 0.25) is 0 Å². The molecule has 0 amide bonds. The summed E-state index contributed by atoms with van der Waals surface area (Å²) in [5, 5.41) is 1.19. The van der Waals surface area contributed by atoms with E-state index in [9.17, 15) is 0 Å². The average Bonchev–Trinajstić information content (AvgIpc) is 2.25. The fourth-order valence-corrected chi connectivity index (χ4v) is 1.50. The van der Waals surface area contributed by atoms with Crippen molar-refractivity contribution in [2.75, 3.05) is 39.1 Å². The van der Waals surface area contributed by atoms with Crippen LogP contribution in [0.4, 0.5) is 11.4 Å². The highest BCUT2D eigenvalue weighted by Crippen LogP contribution is 2.21. The van der Waals surface area contributed by atoms with E-state index in [2.05, 4.69) is 0 Å². The van der Waals surface area contributed by atoms with Crippen LogP contribution in [0.3, 0.4) is 0 Å². The molecule has 0 saturated carbocycles. The average molecular weight is 239 g/mol. The maximum atomic E-state index is 5.85. The van der Waals surface area contributed by atoms with Crippen molar-refractivity contribution in [2.45, 2.75) is 6.35 Å². The quantitative estimate of drug-likeness (QED) is 0.333. The van der Waals surface area contributed by atoms with Crippen LogP contribution in [-0.2, 0) is 4.84 Å². The Kier molecular flexibility index (Phi) is 4.71. The molecule has 0 aliphatic heterocycles. The number of hydrogen-bond acceptors (Lipinski definition) is 6. The van der Waals surface area contributed by atoms with E-state index in [0.717, 1.165) is 0 Å². The highest BCUT2D eigenvalue weighted by Gasteiger charge is 2.18. The molecule has 0 unspecified atom stereocenters. The Bertz CT molecular complexity index is 347. The van der Waals surface area contributed by atoms with Gasteiger partial charge in [-0.3, -0.25) is 9.80 Å². The SMILES string of the molecule is CN(C)C(ON(N)c1ccccc1N)N(C)C. The summed E-state index contributed by atoms with van der Waals surface area (Å²) in [7, 11) is 7.64. The number of rotatable bonds is 5.